The molecule has 3 heterocycles. The van der Waals surface area contributed by atoms with Crippen LogP contribution in [0, 0.1) is 6.92 Å². The van der Waals surface area contributed by atoms with Crippen molar-refractivity contribution < 1.29 is 9.53 Å². The molecule has 1 saturated heterocycles. The van der Waals surface area contributed by atoms with Crippen molar-refractivity contribution in [1.82, 2.24) is 9.47 Å². The number of carbonyl (C=O) groups is 1. The number of aromatic nitrogens is 1. The van der Waals surface area contributed by atoms with Crippen molar-refractivity contribution in [3.8, 4) is 0 Å². The number of carbonyl (C=O) groups excluding carboxylic acids is 1. The van der Waals surface area contributed by atoms with Crippen molar-refractivity contribution in [3.63, 3.8) is 0 Å². The van der Waals surface area contributed by atoms with Crippen LogP contribution in [0.15, 0.2) is 29.1 Å². The van der Waals surface area contributed by atoms with E-state index in [4.69, 9.17) is 4.74 Å². The maximum Gasteiger partial charge on any atom is 0.255 e. The van der Waals surface area contributed by atoms with Crippen LogP contribution in [-0.2, 0) is 11.8 Å². The summed E-state index contributed by atoms with van der Waals surface area (Å²) in [6.45, 7) is 3.80. The normalized spacial score (nSPS) is 19.3. The van der Waals surface area contributed by atoms with Crippen LogP contribution in [0.5, 0.6) is 0 Å². The van der Waals surface area contributed by atoms with E-state index in [0.29, 0.717) is 19.8 Å². The van der Waals surface area contributed by atoms with Crippen LogP contribution in [0.1, 0.15) is 27.7 Å². The highest BCUT2D eigenvalue weighted by atomic mass is 32.1. The van der Waals surface area contributed by atoms with Gasteiger partial charge in [-0.3, -0.25) is 4.79 Å². The zero-order valence-corrected chi connectivity index (χ0v) is 12.5. The summed E-state index contributed by atoms with van der Waals surface area (Å²) in [5.74, 6) is 0.109. The molecule has 106 valence electrons. The first kappa shape index (κ1) is 13.4. The number of hydrogen-bond donors (Lipinski definition) is 0. The highest BCUT2D eigenvalue weighted by molar-refractivity contribution is 7.08. The number of amides is 1. The van der Waals surface area contributed by atoms with Crippen LogP contribution >= 0.6 is 11.3 Å². The number of aryl methyl sites for hydroxylation is 2. The third-order valence-corrected chi connectivity index (χ3v) is 4.66. The first-order valence-corrected chi connectivity index (χ1v) is 7.65. The highest BCUT2D eigenvalue weighted by Crippen LogP contribution is 2.27. The Labute approximate surface area is 122 Å². The second-order valence-electron chi connectivity index (χ2n) is 5.10. The summed E-state index contributed by atoms with van der Waals surface area (Å²) in [6.07, 6.45) is 2.00. The van der Waals surface area contributed by atoms with Crippen LogP contribution in [-0.4, -0.2) is 35.1 Å². The SMILES string of the molecule is Cc1cscc1C(=O)N1CCOC[C@H]1c1cccn1C. The average molecular weight is 290 g/mol. The van der Waals surface area contributed by atoms with Crippen molar-refractivity contribution in [2.24, 2.45) is 7.05 Å². The summed E-state index contributed by atoms with van der Waals surface area (Å²) in [6, 6.07) is 4.05. The highest BCUT2D eigenvalue weighted by Gasteiger charge is 2.31. The van der Waals surface area contributed by atoms with E-state index in [1.54, 1.807) is 11.3 Å². The van der Waals surface area contributed by atoms with E-state index in [2.05, 4.69) is 10.6 Å². The molecule has 1 atom stereocenters. The van der Waals surface area contributed by atoms with Gasteiger partial charge in [-0.25, -0.2) is 0 Å². The van der Waals surface area contributed by atoms with Crippen LogP contribution < -0.4 is 0 Å². The molecule has 0 radical (unpaired) electrons. The molecule has 0 spiro atoms. The molecular formula is C15H18N2O2S. The number of nitrogens with zero attached hydrogens (tertiary/aromatic N) is 2. The summed E-state index contributed by atoms with van der Waals surface area (Å²) >= 11 is 1.58. The number of rotatable bonds is 2. The van der Waals surface area contributed by atoms with Crippen molar-refractivity contribution in [3.05, 3.63) is 45.9 Å². The van der Waals surface area contributed by atoms with Gasteiger partial charge in [-0.2, -0.15) is 11.3 Å². The minimum absolute atomic E-state index is 0.00412. The summed E-state index contributed by atoms with van der Waals surface area (Å²) in [7, 11) is 2.00. The maximum absolute atomic E-state index is 12.8. The fourth-order valence-corrected chi connectivity index (χ4v) is 3.47. The predicted molar refractivity (Wildman–Crippen MR) is 79.1 cm³/mol. The Morgan fingerprint density at radius 3 is 2.95 bits per heavy atom. The molecule has 5 heteroatoms. The van der Waals surface area contributed by atoms with Gasteiger partial charge in [-0.05, 0) is 30.0 Å². The van der Waals surface area contributed by atoms with Crippen molar-refractivity contribution in [2.45, 2.75) is 13.0 Å². The Hall–Kier alpha value is -1.59. The molecule has 0 aliphatic carbocycles. The van der Waals surface area contributed by atoms with E-state index in [1.807, 2.05) is 41.9 Å². The zero-order valence-electron chi connectivity index (χ0n) is 11.7. The molecule has 20 heavy (non-hydrogen) atoms. The first-order valence-electron chi connectivity index (χ1n) is 6.71. The number of ether oxygens (including phenoxy) is 1. The quantitative estimate of drug-likeness (QED) is 0.852. The van der Waals surface area contributed by atoms with E-state index in [1.165, 1.54) is 0 Å². The van der Waals surface area contributed by atoms with Gasteiger partial charge >= 0.3 is 0 Å². The molecular weight excluding hydrogens is 272 g/mol. The Balaban J connectivity index is 1.92. The summed E-state index contributed by atoms with van der Waals surface area (Å²) < 4.78 is 7.64. The number of thiophene rings is 1. The summed E-state index contributed by atoms with van der Waals surface area (Å²) in [4.78, 5) is 14.7. The molecule has 1 aliphatic rings. The lowest BCUT2D eigenvalue weighted by Gasteiger charge is -2.36. The second kappa shape index (κ2) is 5.42. The minimum Gasteiger partial charge on any atom is -0.377 e. The molecule has 0 aromatic carbocycles. The third kappa shape index (κ3) is 2.27. The topological polar surface area (TPSA) is 34.5 Å². The molecule has 1 aliphatic heterocycles. The van der Waals surface area contributed by atoms with E-state index in [-0.39, 0.29) is 11.9 Å². The fourth-order valence-electron chi connectivity index (χ4n) is 2.65. The standard InChI is InChI=1S/C15H18N2O2S/c1-11-9-20-10-12(11)15(18)17-6-7-19-8-14(17)13-4-3-5-16(13)2/h3-5,9-10,14H,6-8H2,1-2H3/t14-/m0/s1. The van der Waals surface area contributed by atoms with Crippen molar-refractivity contribution in [1.29, 1.82) is 0 Å². The van der Waals surface area contributed by atoms with Gasteiger partial charge in [0.1, 0.15) is 0 Å². The van der Waals surface area contributed by atoms with E-state index in [0.717, 1.165) is 16.8 Å². The molecule has 1 amide bonds. The Kier molecular flexibility index (Phi) is 3.63. The van der Waals surface area contributed by atoms with Crippen molar-refractivity contribution in [2.75, 3.05) is 19.8 Å². The van der Waals surface area contributed by atoms with Gasteiger partial charge in [0.2, 0.25) is 0 Å². The second-order valence-corrected chi connectivity index (χ2v) is 5.85. The minimum atomic E-state index is -0.00412. The van der Waals surface area contributed by atoms with Crippen LogP contribution in [0.2, 0.25) is 0 Å². The molecule has 2 aromatic heterocycles. The van der Waals surface area contributed by atoms with Gasteiger partial charge in [0.25, 0.3) is 5.91 Å². The molecule has 1 fully saturated rings. The molecule has 2 aromatic rings. The van der Waals surface area contributed by atoms with Crippen LogP contribution in [0.4, 0.5) is 0 Å². The monoisotopic (exact) mass is 290 g/mol. The summed E-state index contributed by atoms with van der Waals surface area (Å²) in [5.41, 5.74) is 2.99. The molecule has 0 N–H and O–H groups in total. The average Bonchev–Trinajstić information content (AvgIpc) is 3.06. The van der Waals surface area contributed by atoms with Gasteiger partial charge in [0.15, 0.2) is 0 Å². The van der Waals surface area contributed by atoms with Gasteiger partial charge in [-0.1, -0.05) is 0 Å². The maximum atomic E-state index is 12.8. The van der Waals surface area contributed by atoms with Crippen molar-refractivity contribution >= 4 is 17.2 Å². The zero-order chi connectivity index (χ0) is 14.1. The third-order valence-electron chi connectivity index (χ3n) is 3.80. The van der Waals surface area contributed by atoms with E-state index >= 15 is 0 Å². The van der Waals surface area contributed by atoms with Crippen LogP contribution in [0.3, 0.4) is 0 Å². The molecule has 3 rings (SSSR count). The summed E-state index contributed by atoms with van der Waals surface area (Å²) in [5, 5.41) is 3.96. The van der Waals surface area contributed by atoms with Gasteiger partial charge in [-0.15, -0.1) is 0 Å². The van der Waals surface area contributed by atoms with Gasteiger partial charge < -0.3 is 14.2 Å². The Bertz CT molecular complexity index is 617. The van der Waals surface area contributed by atoms with E-state index in [9.17, 15) is 4.79 Å². The molecule has 0 saturated carbocycles. The van der Waals surface area contributed by atoms with E-state index < -0.39 is 0 Å². The fraction of sp³-hybridized carbons (Fsp3) is 0.400. The largest absolute Gasteiger partial charge is 0.377 e. The Morgan fingerprint density at radius 2 is 2.30 bits per heavy atom. The lowest BCUT2D eigenvalue weighted by molar-refractivity contribution is -0.00464. The van der Waals surface area contributed by atoms with Gasteiger partial charge in [0, 0.05) is 30.9 Å². The van der Waals surface area contributed by atoms with Gasteiger partial charge in [0.05, 0.1) is 24.8 Å². The molecule has 0 bridgehead atoms. The lowest BCUT2D eigenvalue weighted by Crippen LogP contribution is -2.44. The molecule has 4 nitrogen and oxygen atoms in total. The number of hydrogen-bond acceptors (Lipinski definition) is 3. The molecule has 0 unspecified atom stereocenters. The predicted octanol–water partition coefficient (Wildman–Crippen LogP) is 2.61. The Morgan fingerprint density at radius 1 is 1.45 bits per heavy atom. The lowest BCUT2D eigenvalue weighted by atomic mass is 10.1. The smallest absolute Gasteiger partial charge is 0.255 e. The first-order chi connectivity index (χ1) is 9.68. The number of morpholine rings is 1. The van der Waals surface area contributed by atoms with Crippen LogP contribution in [0.25, 0.3) is 0 Å².